The van der Waals surface area contributed by atoms with Gasteiger partial charge in [0, 0.05) is 25.3 Å². The fourth-order valence-corrected chi connectivity index (χ4v) is 2.95. The first kappa shape index (κ1) is 17.6. The Labute approximate surface area is 143 Å². The van der Waals surface area contributed by atoms with Crippen molar-refractivity contribution in [2.24, 2.45) is 11.8 Å². The molecule has 5 nitrogen and oxygen atoms in total. The molecule has 1 heterocycles. The van der Waals surface area contributed by atoms with Crippen molar-refractivity contribution in [2.75, 3.05) is 25.4 Å². The van der Waals surface area contributed by atoms with Crippen LogP contribution in [0.4, 0.5) is 5.69 Å². The number of hydrogen-bond donors (Lipinski definition) is 2. The molecule has 0 radical (unpaired) electrons. The number of nitrogens with zero attached hydrogens (tertiary/aromatic N) is 1. The van der Waals surface area contributed by atoms with Gasteiger partial charge in [-0.15, -0.1) is 12.4 Å². The average molecular weight is 338 g/mol. The molecule has 2 fully saturated rings. The van der Waals surface area contributed by atoms with E-state index >= 15 is 0 Å². The van der Waals surface area contributed by atoms with E-state index in [-0.39, 0.29) is 30.1 Å². The number of rotatable bonds is 4. The van der Waals surface area contributed by atoms with Crippen molar-refractivity contribution in [1.29, 1.82) is 0 Å². The van der Waals surface area contributed by atoms with Crippen LogP contribution >= 0.6 is 12.4 Å². The van der Waals surface area contributed by atoms with E-state index in [1.54, 1.807) is 17.0 Å². The number of nitrogen functional groups attached to an aromatic ring is 1. The second kappa shape index (κ2) is 7.68. The summed E-state index contributed by atoms with van der Waals surface area (Å²) >= 11 is 0. The summed E-state index contributed by atoms with van der Waals surface area (Å²) in [5.41, 5.74) is 6.91. The number of halogens is 1. The van der Waals surface area contributed by atoms with Crippen molar-refractivity contribution >= 4 is 29.9 Å². The lowest BCUT2D eigenvalue weighted by Crippen LogP contribution is -2.45. The molecule has 1 saturated carbocycles. The van der Waals surface area contributed by atoms with Crippen molar-refractivity contribution in [2.45, 2.75) is 25.7 Å². The van der Waals surface area contributed by atoms with Gasteiger partial charge in [-0.05, 0) is 43.7 Å². The van der Waals surface area contributed by atoms with Crippen LogP contribution in [-0.2, 0) is 4.79 Å². The van der Waals surface area contributed by atoms with Crippen LogP contribution in [0.15, 0.2) is 24.3 Å². The zero-order valence-corrected chi connectivity index (χ0v) is 14.0. The van der Waals surface area contributed by atoms with Crippen molar-refractivity contribution < 1.29 is 9.59 Å². The van der Waals surface area contributed by atoms with Gasteiger partial charge in [-0.1, -0.05) is 12.1 Å². The van der Waals surface area contributed by atoms with Crippen molar-refractivity contribution in [3.8, 4) is 0 Å². The van der Waals surface area contributed by atoms with Gasteiger partial charge in [-0.25, -0.2) is 0 Å². The number of piperidine rings is 1. The topological polar surface area (TPSA) is 75.4 Å². The molecule has 3 N–H and O–H groups in total. The maximum Gasteiger partial charge on any atom is 0.255 e. The molecule has 6 heteroatoms. The van der Waals surface area contributed by atoms with E-state index in [0.717, 1.165) is 19.4 Å². The van der Waals surface area contributed by atoms with Gasteiger partial charge >= 0.3 is 0 Å². The van der Waals surface area contributed by atoms with Gasteiger partial charge in [0.1, 0.15) is 0 Å². The summed E-state index contributed by atoms with van der Waals surface area (Å²) in [4.78, 5) is 26.6. The molecule has 0 aromatic heterocycles. The molecule has 23 heavy (non-hydrogen) atoms. The Morgan fingerprint density at radius 2 is 1.96 bits per heavy atom. The second-order valence-corrected chi connectivity index (χ2v) is 6.37. The number of benzene rings is 1. The summed E-state index contributed by atoms with van der Waals surface area (Å²) in [5.74, 6) is 0.596. The Morgan fingerprint density at radius 3 is 2.65 bits per heavy atom. The van der Waals surface area contributed by atoms with E-state index in [1.807, 2.05) is 12.1 Å². The summed E-state index contributed by atoms with van der Waals surface area (Å²) in [6.45, 7) is 1.97. The third-order valence-corrected chi connectivity index (χ3v) is 4.53. The van der Waals surface area contributed by atoms with Crippen LogP contribution in [-0.4, -0.2) is 36.3 Å². The van der Waals surface area contributed by atoms with Gasteiger partial charge in [0.15, 0.2) is 0 Å². The Kier molecular flexibility index (Phi) is 5.88. The summed E-state index contributed by atoms with van der Waals surface area (Å²) in [5, 5.41) is 3.02. The first-order valence-electron chi connectivity index (χ1n) is 8.06. The highest BCUT2D eigenvalue weighted by Crippen LogP contribution is 2.28. The number of hydrogen-bond acceptors (Lipinski definition) is 3. The first-order valence-corrected chi connectivity index (χ1v) is 8.06. The van der Waals surface area contributed by atoms with Crippen molar-refractivity contribution in [3.05, 3.63) is 29.8 Å². The van der Waals surface area contributed by atoms with E-state index in [9.17, 15) is 9.59 Å². The molecule has 2 amide bonds. The summed E-state index contributed by atoms with van der Waals surface area (Å²) in [7, 11) is 0. The normalized spacial score (nSPS) is 20.5. The molecule has 1 aromatic carbocycles. The minimum atomic E-state index is -0.0959. The zero-order valence-electron chi connectivity index (χ0n) is 13.2. The molecule has 1 aliphatic heterocycles. The highest BCUT2D eigenvalue weighted by atomic mass is 35.5. The molecule has 0 spiro atoms. The van der Waals surface area contributed by atoms with E-state index in [1.165, 1.54) is 12.8 Å². The highest BCUT2D eigenvalue weighted by Gasteiger charge is 2.30. The lowest BCUT2D eigenvalue weighted by Gasteiger charge is -2.32. The number of para-hydroxylation sites is 1. The van der Waals surface area contributed by atoms with Crippen LogP contribution in [0.1, 0.15) is 36.0 Å². The molecule has 1 atom stereocenters. The van der Waals surface area contributed by atoms with Crippen molar-refractivity contribution in [1.82, 2.24) is 10.2 Å². The van der Waals surface area contributed by atoms with Crippen LogP contribution in [0.5, 0.6) is 0 Å². The van der Waals surface area contributed by atoms with E-state index in [0.29, 0.717) is 30.3 Å². The van der Waals surface area contributed by atoms with Gasteiger partial charge in [-0.3, -0.25) is 9.59 Å². The van der Waals surface area contributed by atoms with Crippen LogP contribution in [0.2, 0.25) is 0 Å². The highest BCUT2D eigenvalue weighted by molar-refractivity contribution is 5.99. The minimum absolute atomic E-state index is 0. The van der Waals surface area contributed by atoms with Gasteiger partial charge in [0.05, 0.1) is 11.5 Å². The number of nitrogens with two attached hydrogens (primary N) is 1. The van der Waals surface area contributed by atoms with E-state index in [4.69, 9.17) is 5.73 Å². The molecule has 2 aliphatic rings. The van der Waals surface area contributed by atoms with Crippen LogP contribution in [0.3, 0.4) is 0 Å². The number of likely N-dealkylation sites (tertiary alicyclic amines) is 1. The van der Waals surface area contributed by atoms with Crippen LogP contribution in [0, 0.1) is 11.8 Å². The number of anilines is 1. The molecular formula is C17H24ClN3O2. The average Bonchev–Trinajstić information content (AvgIpc) is 3.37. The first-order chi connectivity index (χ1) is 10.6. The maximum absolute atomic E-state index is 12.6. The largest absolute Gasteiger partial charge is 0.398 e. The quantitative estimate of drug-likeness (QED) is 0.826. The molecule has 1 saturated heterocycles. The fraction of sp³-hybridized carbons (Fsp3) is 0.529. The molecule has 1 aromatic rings. The predicted molar refractivity (Wildman–Crippen MR) is 92.5 cm³/mol. The Morgan fingerprint density at radius 1 is 1.22 bits per heavy atom. The number of nitrogens with one attached hydrogen (secondary N) is 1. The molecule has 126 valence electrons. The fourth-order valence-electron chi connectivity index (χ4n) is 2.95. The van der Waals surface area contributed by atoms with E-state index in [2.05, 4.69) is 5.32 Å². The van der Waals surface area contributed by atoms with Gasteiger partial charge in [0.25, 0.3) is 5.91 Å². The Hall–Kier alpha value is -1.75. The van der Waals surface area contributed by atoms with Crippen molar-refractivity contribution in [3.63, 3.8) is 0 Å². The van der Waals surface area contributed by atoms with E-state index < -0.39 is 0 Å². The SMILES string of the molecule is Cl.Nc1ccccc1C(=O)N1CCCC(C(=O)NCC2CC2)C1. The Bertz CT molecular complexity index is 575. The molecule has 0 bridgehead atoms. The minimum Gasteiger partial charge on any atom is -0.398 e. The lowest BCUT2D eigenvalue weighted by atomic mass is 9.96. The van der Waals surface area contributed by atoms with Gasteiger partial charge in [0.2, 0.25) is 5.91 Å². The predicted octanol–water partition coefficient (Wildman–Crippen LogP) is 2.07. The molecule has 1 unspecified atom stereocenters. The number of carbonyl (C=O) groups excluding carboxylic acids is 2. The third kappa shape index (κ3) is 4.38. The lowest BCUT2D eigenvalue weighted by molar-refractivity contribution is -0.126. The van der Waals surface area contributed by atoms with Crippen LogP contribution < -0.4 is 11.1 Å². The summed E-state index contributed by atoms with van der Waals surface area (Å²) in [6.07, 6.45) is 4.16. The molecule has 3 rings (SSSR count). The monoisotopic (exact) mass is 337 g/mol. The van der Waals surface area contributed by atoms with Crippen LogP contribution in [0.25, 0.3) is 0 Å². The summed E-state index contributed by atoms with van der Waals surface area (Å²) in [6, 6.07) is 7.11. The van der Waals surface area contributed by atoms with Gasteiger partial charge < -0.3 is 16.0 Å². The third-order valence-electron chi connectivity index (χ3n) is 4.53. The smallest absolute Gasteiger partial charge is 0.255 e. The number of carbonyl (C=O) groups is 2. The maximum atomic E-state index is 12.6. The standard InChI is InChI=1S/C17H23N3O2.ClH/c18-15-6-2-1-5-14(15)17(22)20-9-3-4-13(11-20)16(21)19-10-12-7-8-12;/h1-2,5-6,12-13H,3-4,7-11,18H2,(H,19,21);1H. The number of amides is 2. The second-order valence-electron chi connectivity index (χ2n) is 6.37. The molecule has 1 aliphatic carbocycles. The Balaban J connectivity index is 0.00000192. The summed E-state index contributed by atoms with van der Waals surface area (Å²) < 4.78 is 0. The van der Waals surface area contributed by atoms with Gasteiger partial charge in [-0.2, -0.15) is 0 Å². The zero-order chi connectivity index (χ0) is 15.5. The molecular weight excluding hydrogens is 314 g/mol.